The lowest BCUT2D eigenvalue weighted by Crippen LogP contribution is -2.40. The lowest BCUT2D eigenvalue weighted by Gasteiger charge is -2.23. The van der Waals surface area contributed by atoms with Gasteiger partial charge in [-0.2, -0.15) is 0 Å². The molecule has 1 saturated heterocycles. The molecule has 108 valence electrons. The number of hydrogen-bond donors (Lipinski definition) is 1. The van der Waals surface area contributed by atoms with E-state index in [-0.39, 0.29) is 19.1 Å². The Balaban J connectivity index is 2.16. The Bertz CT molecular complexity index is 534. The highest BCUT2D eigenvalue weighted by molar-refractivity contribution is 6.30. The molecule has 1 aromatic rings. The van der Waals surface area contributed by atoms with E-state index in [1.165, 1.54) is 7.11 Å². The molecule has 1 N–H and O–H groups in total. The molecule has 0 spiro atoms. The van der Waals surface area contributed by atoms with Crippen LogP contribution in [0.25, 0.3) is 0 Å². The van der Waals surface area contributed by atoms with Crippen LogP contribution in [0.15, 0.2) is 24.3 Å². The van der Waals surface area contributed by atoms with Gasteiger partial charge in [-0.15, -0.1) is 0 Å². The zero-order valence-electron chi connectivity index (χ0n) is 11.1. The Kier molecular flexibility index (Phi) is 4.30. The highest BCUT2D eigenvalue weighted by atomic mass is 35.5. The van der Waals surface area contributed by atoms with E-state index < -0.39 is 11.4 Å². The first-order valence-corrected chi connectivity index (χ1v) is 6.63. The van der Waals surface area contributed by atoms with E-state index in [4.69, 9.17) is 16.3 Å². The van der Waals surface area contributed by atoms with Gasteiger partial charge in [0.05, 0.1) is 6.61 Å². The molecule has 5 nitrogen and oxygen atoms in total. The maximum Gasteiger partial charge on any atom is 0.313 e. The normalized spacial score (nSPS) is 22.0. The number of likely N-dealkylation sites (tertiary alicyclic amines) is 1. The van der Waals surface area contributed by atoms with Gasteiger partial charge in [0.2, 0.25) is 0 Å². The van der Waals surface area contributed by atoms with Crippen LogP contribution in [0.4, 0.5) is 0 Å². The Labute approximate surface area is 122 Å². The number of aliphatic carboxylic acids is 1. The van der Waals surface area contributed by atoms with Crippen LogP contribution in [-0.4, -0.2) is 48.7 Å². The molecule has 0 bridgehead atoms. The zero-order chi connectivity index (χ0) is 14.8. The van der Waals surface area contributed by atoms with Crippen LogP contribution in [0.3, 0.4) is 0 Å². The fourth-order valence-corrected chi connectivity index (χ4v) is 2.67. The van der Waals surface area contributed by atoms with Gasteiger partial charge in [0.25, 0.3) is 5.91 Å². The molecule has 2 rings (SSSR count). The van der Waals surface area contributed by atoms with Gasteiger partial charge in [0.1, 0.15) is 5.41 Å². The molecule has 0 aromatic heterocycles. The lowest BCUT2D eigenvalue weighted by atomic mass is 9.88. The summed E-state index contributed by atoms with van der Waals surface area (Å²) in [5, 5.41) is 9.85. The van der Waals surface area contributed by atoms with Crippen LogP contribution in [0, 0.1) is 5.41 Å². The van der Waals surface area contributed by atoms with Crippen LogP contribution < -0.4 is 0 Å². The molecular weight excluding hydrogens is 282 g/mol. The Morgan fingerprint density at radius 1 is 1.50 bits per heavy atom. The number of nitrogens with zero attached hydrogens (tertiary/aromatic N) is 1. The largest absolute Gasteiger partial charge is 0.481 e. The molecule has 1 unspecified atom stereocenters. The summed E-state index contributed by atoms with van der Waals surface area (Å²) < 4.78 is 5.00. The summed E-state index contributed by atoms with van der Waals surface area (Å²) in [6.45, 7) is 0.657. The van der Waals surface area contributed by atoms with Crippen molar-refractivity contribution in [1.82, 2.24) is 4.90 Å². The van der Waals surface area contributed by atoms with Crippen molar-refractivity contribution in [2.24, 2.45) is 5.41 Å². The minimum atomic E-state index is -1.01. The van der Waals surface area contributed by atoms with Crippen molar-refractivity contribution in [3.05, 3.63) is 34.9 Å². The SMILES string of the molecule is COCC1(C(=O)O)CCN(C(=O)c2cccc(Cl)c2)C1. The quantitative estimate of drug-likeness (QED) is 0.922. The molecule has 0 radical (unpaired) electrons. The highest BCUT2D eigenvalue weighted by Crippen LogP contribution is 2.32. The van der Waals surface area contributed by atoms with Crippen molar-refractivity contribution >= 4 is 23.5 Å². The van der Waals surface area contributed by atoms with Crippen LogP contribution in [0.2, 0.25) is 5.02 Å². The fraction of sp³-hybridized carbons (Fsp3) is 0.429. The van der Waals surface area contributed by atoms with Gasteiger partial charge in [-0.05, 0) is 24.6 Å². The first kappa shape index (κ1) is 14.8. The van der Waals surface area contributed by atoms with E-state index in [2.05, 4.69) is 0 Å². The lowest BCUT2D eigenvalue weighted by molar-refractivity contribution is -0.151. The molecule has 0 aliphatic carbocycles. The van der Waals surface area contributed by atoms with E-state index in [1.54, 1.807) is 29.2 Å². The van der Waals surface area contributed by atoms with Crippen molar-refractivity contribution in [1.29, 1.82) is 0 Å². The van der Waals surface area contributed by atoms with Crippen LogP contribution in [0.1, 0.15) is 16.8 Å². The monoisotopic (exact) mass is 297 g/mol. The smallest absolute Gasteiger partial charge is 0.313 e. The van der Waals surface area contributed by atoms with Crippen LogP contribution >= 0.6 is 11.6 Å². The predicted molar refractivity (Wildman–Crippen MR) is 73.9 cm³/mol. The van der Waals surface area contributed by atoms with Crippen LogP contribution in [0.5, 0.6) is 0 Å². The standard InChI is InChI=1S/C14H16ClNO4/c1-20-9-14(13(18)19)5-6-16(8-14)12(17)10-3-2-4-11(15)7-10/h2-4,7H,5-6,8-9H2,1H3,(H,18,19). The maximum absolute atomic E-state index is 12.3. The summed E-state index contributed by atoms with van der Waals surface area (Å²) in [7, 11) is 1.46. The van der Waals surface area contributed by atoms with Gasteiger partial charge in [-0.1, -0.05) is 17.7 Å². The molecule has 1 amide bonds. The summed E-state index contributed by atoms with van der Waals surface area (Å²) >= 11 is 5.87. The van der Waals surface area contributed by atoms with E-state index >= 15 is 0 Å². The van der Waals surface area contributed by atoms with Crippen molar-refractivity contribution in [3.63, 3.8) is 0 Å². The van der Waals surface area contributed by atoms with Crippen molar-refractivity contribution in [3.8, 4) is 0 Å². The summed E-state index contributed by atoms with van der Waals surface area (Å²) in [5.74, 6) is -1.13. The van der Waals surface area contributed by atoms with Gasteiger partial charge < -0.3 is 14.7 Å². The first-order chi connectivity index (χ1) is 9.48. The second-order valence-electron chi connectivity index (χ2n) is 5.01. The minimum absolute atomic E-state index is 0.0989. The number of carboxylic acids is 1. The molecule has 0 saturated carbocycles. The van der Waals surface area contributed by atoms with Gasteiger partial charge >= 0.3 is 5.97 Å². The predicted octanol–water partition coefficient (Wildman–Crippen LogP) is 1.90. The third-order valence-electron chi connectivity index (χ3n) is 3.59. The molecule has 1 aliphatic rings. The number of carbonyl (C=O) groups is 2. The van der Waals surface area contributed by atoms with E-state index in [1.807, 2.05) is 0 Å². The summed E-state index contributed by atoms with van der Waals surface area (Å²) in [6, 6.07) is 6.65. The second-order valence-corrected chi connectivity index (χ2v) is 5.44. The average Bonchev–Trinajstić information content (AvgIpc) is 2.84. The molecular formula is C14H16ClNO4. The number of carbonyl (C=O) groups excluding carboxylic acids is 1. The van der Waals surface area contributed by atoms with E-state index in [0.717, 1.165) is 0 Å². The molecule has 1 aliphatic heterocycles. The van der Waals surface area contributed by atoms with Gasteiger partial charge in [-0.25, -0.2) is 0 Å². The number of amides is 1. The third-order valence-corrected chi connectivity index (χ3v) is 3.82. The number of ether oxygens (including phenoxy) is 1. The van der Waals surface area contributed by atoms with Crippen LogP contribution in [-0.2, 0) is 9.53 Å². The number of methoxy groups -OCH3 is 1. The van der Waals surface area contributed by atoms with Gasteiger partial charge in [0.15, 0.2) is 0 Å². The molecule has 1 heterocycles. The van der Waals surface area contributed by atoms with Crippen molar-refractivity contribution in [2.45, 2.75) is 6.42 Å². The fourth-order valence-electron chi connectivity index (χ4n) is 2.48. The summed E-state index contributed by atoms with van der Waals surface area (Å²) in [4.78, 5) is 25.3. The number of rotatable bonds is 4. The molecule has 6 heteroatoms. The Hall–Kier alpha value is -1.59. The number of carboxylic acid groups (broad SMARTS) is 1. The Morgan fingerprint density at radius 3 is 2.85 bits per heavy atom. The average molecular weight is 298 g/mol. The third kappa shape index (κ3) is 2.78. The van der Waals surface area contributed by atoms with Crippen molar-refractivity contribution < 1.29 is 19.4 Å². The Morgan fingerprint density at radius 2 is 2.25 bits per heavy atom. The highest BCUT2D eigenvalue weighted by Gasteiger charge is 2.46. The van der Waals surface area contributed by atoms with E-state index in [9.17, 15) is 14.7 Å². The molecule has 1 fully saturated rings. The minimum Gasteiger partial charge on any atom is -0.481 e. The van der Waals surface area contributed by atoms with Gasteiger partial charge in [-0.3, -0.25) is 9.59 Å². The summed E-state index contributed by atoms with van der Waals surface area (Å²) in [5.41, 5.74) is -0.542. The second kappa shape index (κ2) is 5.81. The molecule has 1 aromatic carbocycles. The molecule has 1 atom stereocenters. The number of benzene rings is 1. The van der Waals surface area contributed by atoms with Gasteiger partial charge in [0, 0.05) is 30.8 Å². The zero-order valence-corrected chi connectivity index (χ0v) is 11.9. The van der Waals surface area contributed by atoms with Crippen molar-refractivity contribution in [2.75, 3.05) is 26.8 Å². The maximum atomic E-state index is 12.3. The topological polar surface area (TPSA) is 66.8 Å². The number of halogens is 1. The summed E-state index contributed by atoms with van der Waals surface area (Å²) in [6.07, 6.45) is 0.391. The molecule has 20 heavy (non-hydrogen) atoms. The van der Waals surface area contributed by atoms with E-state index in [0.29, 0.717) is 23.6 Å². The first-order valence-electron chi connectivity index (χ1n) is 6.26. The number of hydrogen-bond acceptors (Lipinski definition) is 3.